The van der Waals surface area contributed by atoms with Crippen molar-refractivity contribution in [3.63, 3.8) is 0 Å². The van der Waals surface area contributed by atoms with Crippen LogP contribution in [0.15, 0.2) is 0 Å². The molecular formula is C32H52N2O6. The first-order valence-electron chi connectivity index (χ1n) is 15.8. The largest absolute Gasteiger partial charge is 0.481 e. The summed E-state index contributed by atoms with van der Waals surface area (Å²) in [5, 5.41) is 11.7. The number of ketones is 1. The van der Waals surface area contributed by atoms with Crippen molar-refractivity contribution in [1.82, 2.24) is 5.32 Å². The first kappa shape index (κ1) is 31.0. The second-order valence-corrected chi connectivity index (χ2v) is 14.2. The second-order valence-electron chi connectivity index (χ2n) is 14.2. The van der Waals surface area contributed by atoms with Gasteiger partial charge >= 0.3 is 11.9 Å². The molecule has 0 aromatic rings. The fourth-order valence-electron chi connectivity index (χ4n) is 9.57. The number of nitrogens with one attached hydrogen (secondary N) is 1. The summed E-state index contributed by atoms with van der Waals surface area (Å²) < 4.78 is 6.09. The molecule has 4 saturated carbocycles. The molecule has 0 aromatic carbocycles. The molecule has 4 N–H and O–H groups in total. The Morgan fingerprint density at radius 1 is 1.00 bits per heavy atom. The van der Waals surface area contributed by atoms with Crippen molar-refractivity contribution >= 4 is 23.6 Å². The third kappa shape index (κ3) is 5.84. The Bertz CT molecular complexity index is 984. The van der Waals surface area contributed by atoms with E-state index in [1.54, 1.807) is 6.92 Å². The summed E-state index contributed by atoms with van der Waals surface area (Å²) in [6.45, 7) is 10.5. The van der Waals surface area contributed by atoms with E-state index in [1.165, 1.54) is 19.3 Å². The number of Topliss-reactive ketones (excluding diaryl/α,β-unsaturated/α-hetero) is 1. The second kappa shape index (κ2) is 12.1. The van der Waals surface area contributed by atoms with E-state index < -0.39 is 29.9 Å². The lowest BCUT2D eigenvalue weighted by molar-refractivity contribution is -0.167. The number of hydrogen-bond acceptors (Lipinski definition) is 6. The van der Waals surface area contributed by atoms with Gasteiger partial charge in [0.2, 0.25) is 5.91 Å². The van der Waals surface area contributed by atoms with E-state index in [0.29, 0.717) is 35.9 Å². The number of ether oxygens (including phenoxy) is 1. The van der Waals surface area contributed by atoms with E-state index in [4.69, 9.17) is 15.6 Å². The zero-order valence-electron chi connectivity index (χ0n) is 25.2. The van der Waals surface area contributed by atoms with Gasteiger partial charge in [0.1, 0.15) is 17.9 Å². The predicted molar refractivity (Wildman–Crippen MR) is 152 cm³/mol. The van der Waals surface area contributed by atoms with E-state index in [-0.39, 0.29) is 41.6 Å². The van der Waals surface area contributed by atoms with Crippen molar-refractivity contribution in [3.05, 3.63) is 0 Å². The van der Waals surface area contributed by atoms with Crippen molar-refractivity contribution in [1.29, 1.82) is 0 Å². The Morgan fingerprint density at radius 2 is 1.68 bits per heavy atom. The summed E-state index contributed by atoms with van der Waals surface area (Å²) in [5.74, 6) is 1.06. The number of esters is 1. The van der Waals surface area contributed by atoms with Crippen molar-refractivity contribution in [2.45, 2.75) is 130 Å². The quantitative estimate of drug-likeness (QED) is 0.324. The smallest absolute Gasteiger partial charge is 0.329 e. The monoisotopic (exact) mass is 560 g/mol. The fraction of sp³-hybridized carbons (Fsp3) is 0.875. The van der Waals surface area contributed by atoms with Gasteiger partial charge in [0.25, 0.3) is 0 Å². The van der Waals surface area contributed by atoms with Gasteiger partial charge < -0.3 is 20.9 Å². The lowest BCUT2D eigenvalue weighted by Crippen LogP contribution is -2.55. The molecule has 1 unspecified atom stereocenters. The zero-order chi connectivity index (χ0) is 29.4. The van der Waals surface area contributed by atoms with Crippen LogP contribution in [0.1, 0.15) is 112 Å². The maximum Gasteiger partial charge on any atom is 0.329 e. The standard InChI is InChI=1S/C32H52N2O6/c1-6-18(2)28(34-29(38)26(33)11-12-27(36)37)30(39)40-21-13-15-31(4)20(17-21)7-8-22-24-10-9-23(19(3)35)32(24,5)16-14-25(22)31/h18,20-26,28H,6-17,33H2,1-5H3,(H,34,38)(H,36,37)/t18?,20-,21+,22-,23+,24-,25-,26-,28-,31-,32+/m0/s1. The number of hydrogen-bond donors (Lipinski definition) is 3. The van der Waals surface area contributed by atoms with E-state index in [2.05, 4.69) is 19.2 Å². The van der Waals surface area contributed by atoms with Crippen LogP contribution in [0.3, 0.4) is 0 Å². The maximum absolute atomic E-state index is 13.4. The lowest BCUT2D eigenvalue weighted by Gasteiger charge is -2.61. The topological polar surface area (TPSA) is 136 Å². The first-order chi connectivity index (χ1) is 18.8. The minimum atomic E-state index is -1.01. The van der Waals surface area contributed by atoms with Gasteiger partial charge in [-0.15, -0.1) is 0 Å². The van der Waals surface area contributed by atoms with Crippen LogP contribution in [-0.4, -0.2) is 46.9 Å². The van der Waals surface area contributed by atoms with Crippen LogP contribution in [0.2, 0.25) is 0 Å². The highest BCUT2D eigenvalue weighted by molar-refractivity contribution is 5.88. The molecule has 0 radical (unpaired) electrons. The molecule has 0 bridgehead atoms. The van der Waals surface area contributed by atoms with Gasteiger partial charge in [-0.05, 0) is 112 Å². The third-order valence-electron chi connectivity index (χ3n) is 12.2. The summed E-state index contributed by atoms with van der Waals surface area (Å²) in [7, 11) is 0. The number of nitrogens with two attached hydrogens (primary N) is 1. The van der Waals surface area contributed by atoms with Gasteiger partial charge in [-0.3, -0.25) is 14.4 Å². The number of carbonyl (C=O) groups is 4. The molecule has 4 fully saturated rings. The van der Waals surface area contributed by atoms with E-state index in [0.717, 1.165) is 38.5 Å². The first-order valence-corrected chi connectivity index (χ1v) is 15.8. The average Bonchev–Trinajstić information content (AvgIpc) is 3.27. The van der Waals surface area contributed by atoms with Gasteiger partial charge in [0, 0.05) is 12.3 Å². The predicted octanol–water partition coefficient (Wildman–Crippen LogP) is 4.87. The minimum Gasteiger partial charge on any atom is -0.481 e. The highest BCUT2D eigenvalue weighted by Gasteiger charge is 2.61. The summed E-state index contributed by atoms with van der Waals surface area (Å²) in [6.07, 6.45) is 10.0. The zero-order valence-corrected chi connectivity index (χ0v) is 25.2. The number of rotatable bonds is 10. The number of fused-ring (bicyclic) bond motifs is 5. The molecular weight excluding hydrogens is 508 g/mol. The molecule has 0 aliphatic heterocycles. The van der Waals surface area contributed by atoms with Crippen LogP contribution in [0.5, 0.6) is 0 Å². The van der Waals surface area contributed by atoms with E-state index in [9.17, 15) is 19.2 Å². The van der Waals surface area contributed by atoms with Gasteiger partial charge in [0.05, 0.1) is 6.04 Å². The molecule has 0 heterocycles. The Kier molecular flexibility index (Phi) is 9.38. The van der Waals surface area contributed by atoms with Crippen LogP contribution < -0.4 is 11.1 Å². The lowest BCUT2D eigenvalue weighted by atomic mass is 9.44. The number of aliphatic carboxylic acids is 1. The molecule has 4 aliphatic rings. The number of amides is 1. The molecule has 8 heteroatoms. The molecule has 4 aliphatic carbocycles. The summed E-state index contributed by atoms with van der Waals surface area (Å²) in [6, 6.07) is -1.78. The molecule has 0 saturated heterocycles. The molecule has 4 rings (SSSR count). The number of carboxylic acid groups (broad SMARTS) is 1. The van der Waals surface area contributed by atoms with Crippen LogP contribution in [0.25, 0.3) is 0 Å². The van der Waals surface area contributed by atoms with Crippen molar-refractivity contribution in [2.75, 3.05) is 0 Å². The van der Waals surface area contributed by atoms with Crippen molar-refractivity contribution in [3.8, 4) is 0 Å². The normalized spacial score (nSPS) is 39.0. The third-order valence-corrected chi connectivity index (χ3v) is 12.2. The highest BCUT2D eigenvalue weighted by Crippen LogP contribution is 2.67. The molecule has 1 amide bonds. The molecule has 8 nitrogen and oxygen atoms in total. The Hall–Kier alpha value is -1.96. The number of carboxylic acids is 1. The Balaban J connectivity index is 1.38. The SMILES string of the molecule is CCC(C)[C@H](NC(=O)[C@@H](N)CCC(=O)O)C(=O)O[C@@H]1CC[C@@]2(C)[C@@H](CC[C@@H]3[C@@H]2CC[C@]2(C)[C@@H](C(C)=O)CC[C@@H]32)C1. The molecule has 0 spiro atoms. The summed E-state index contributed by atoms with van der Waals surface area (Å²) >= 11 is 0. The summed E-state index contributed by atoms with van der Waals surface area (Å²) in [5.41, 5.74) is 6.30. The minimum absolute atomic E-state index is 0.0178. The molecule has 0 aromatic heterocycles. The fourth-order valence-corrected chi connectivity index (χ4v) is 9.57. The van der Waals surface area contributed by atoms with E-state index in [1.807, 2.05) is 13.8 Å². The van der Waals surface area contributed by atoms with Crippen LogP contribution >= 0.6 is 0 Å². The highest BCUT2D eigenvalue weighted by atomic mass is 16.5. The van der Waals surface area contributed by atoms with Crippen LogP contribution in [0, 0.1) is 46.3 Å². The van der Waals surface area contributed by atoms with Gasteiger partial charge in [-0.1, -0.05) is 34.1 Å². The molecule has 40 heavy (non-hydrogen) atoms. The van der Waals surface area contributed by atoms with Gasteiger partial charge in [-0.2, -0.15) is 0 Å². The van der Waals surface area contributed by atoms with Crippen molar-refractivity contribution < 1.29 is 29.0 Å². The van der Waals surface area contributed by atoms with Crippen LogP contribution in [-0.2, 0) is 23.9 Å². The number of carbonyl (C=O) groups excluding carboxylic acids is 3. The van der Waals surface area contributed by atoms with Gasteiger partial charge in [-0.25, -0.2) is 4.79 Å². The summed E-state index contributed by atoms with van der Waals surface area (Å²) in [4.78, 5) is 49.3. The Labute approximate surface area is 239 Å². The molecule has 11 atom stereocenters. The van der Waals surface area contributed by atoms with E-state index >= 15 is 0 Å². The van der Waals surface area contributed by atoms with Crippen molar-refractivity contribution in [2.24, 2.45) is 52.1 Å². The molecule has 226 valence electrons. The Morgan fingerprint density at radius 3 is 2.33 bits per heavy atom. The average molecular weight is 561 g/mol. The maximum atomic E-state index is 13.4. The van der Waals surface area contributed by atoms with Crippen LogP contribution in [0.4, 0.5) is 0 Å². The van der Waals surface area contributed by atoms with Gasteiger partial charge in [0.15, 0.2) is 0 Å².